The average molecular weight is 332 g/mol. The highest BCUT2D eigenvalue weighted by molar-refractivity contribution is 5.94. The van der Waals surface area contributed by atoms with E-state index in [1.807, 2.05) is 38.1 Å². The number of nitrogens with zero attached hydrogens (tertiary/aromatic N) is 1. The van der Waals surface area contributed by atoms with Gasteiger partial charge in [0, 0.05) is 31.3 Å². The fourth-order valence-corrected chi connectivity index (χ4v) is 3.11. The Morgan fingerprint density at radius 2 is 2.04 bits per heavy atom. The van der Waals surface area contributed by atoms with Crippen molar-refractivity contribution in [3.63, 3.8) is 0 Å². The maximum absolute atomic E-state index is 12.6. The highest BCUT2D eigenvalue weighted by atomic mass is 16.3. The third kappa shape index (κ3) is 4.81. The molecule has 2 amide bonds. The Bertz CT molecular complexity index is 556. The van der Waals surface area contributed by atoms with E-state index in [1.165, 1.54) is 0 Å². The summed E-state index contributed by atoms with van der Waals surface area (Å²) in [5.41, 5.74) is 1.80. The van der Waals surface area contributed by atoms with E-state index in [-0.39, 0.29) is 30.4 Å². The fourth-order valence-electron chi connectivity index (χ4n) is 3.11. The van der Waals surface area contributed by atoms with Gasteiger partial charge < -0.3 is 15.3 Å². The minimum atomic E-state index is -0.166. The van der Waals surface area contributed by atoms with E-state index in [2.05, 4.69) is 5.32 Å². The maximum Gasteiger partial charge on any atom is 0.253 e. The summed E-state index contributed by atoms with van der Waals surface area (Å²) in [6.45, 7) is 5.22. The maximum atomic E-state index is 12.6. The lowest BCUT2D eigenvalue weighted by Gasteiger charge is -2.33. The number of amides is 2. The van der Waals surface area contributed by atoms with Gasteiger partial charge in [0.1, 0.15) is 0 Å². The van der Waals surface area contributed by atoms with Crippen LogP contribution in [0.15, 0.2) is 24.3 Å². The molecule has 1 aliphatic heterocycles. The van der Waals surface area contributed by atoms with Gasteiger partial charge in [-0.2, -0.15) is 0 Å². The van der Waals surface area contributed by atoms with Gasteiger partial charge in [-0.3, -0.25) is 9.59 Å². The number of benzene rings is 1. The molecular formula is C19H28N2O3. The summed E-state index contributed by atoms with van der Waals surface area (Å²) in [6, 6.07) is 7.56. The molecule has 2 N–H and O–H groups in total. The van der Waals surface area contributed by atoms with Crippen molar-refractivity contribution in [1.82, 2.24) is 10.2 Å². The molecule has 1 fully saturated rings. The van der Waals surface area contributed by atoms with E-state index < -0.39 is 0 Å². The lowest BCUT2D eigenvalue weighted by molar-refractivity contribution is -0.127. The number of aliphatic hydroxyl groups is 1. The van der Waals surface area contributed by atoms with Crippen molar-refractivity contribution in [1.29, 1.82) is 0 Å². The summed E-state index contributed by atoms with van der Waals surface area (Å²) in [6.07, 6.45) is 3.01. The number of carbonyl (C=O) groups excluding carboxylic acids is 2. The highest BCUT2D eigenvalue weighted by Gasteiger charge is 2.29. The first-order chi connectivity index (χ1) is 11.5. The molecule has 0 aliphatic carbocycles. The van der Waals surface area contributed by atoms with Crippen LogP contribution < -0.4 is 5.32 Å². The van der Waals surface area contributed by atoms with Crippen LogP contribution in [0.4, 0.5) is 0 Å². The molecule has 2 atom stereocenters. The van der Waals surface area contributed by atoms with Crippen LogP contribution in [0.2, 0.25) is 0 Å². The lowest BCUT2D eigenvalue weighted by atomic mass is 9.95. The van der Waals surface area contributed by atoms with Crippen LogP contribution in [-0.2, 0) is 4.79 Å². The molecule has 1 aromatic carbocycles. The number of nitrogens with one attached hydrogen (secondary N) is 1. The molecule has 2 unspecified atom stereocenters. The van der Waals surface area contributed by atoms with Gasteiger partial charge in [-0.25, -0.2) is 0 Å². The molecule has 0 saturated carbocycles. The van der Waals surface area contributed by atoms with Gasteiger partial charge in [-0.05, 0) is 44.7 Å². The molecule has 1 aromatic rings. The minimum Gasteiger partial charge on any atom is -0.396 e. The number of likely N-dealkylation sites (tertiary alicyclic amines) is 1. The fraction of sp³-hybridized carbons (Fsp3) is 0.579. The summed E-state index contributed by atoms with van der Waals surface area (Å²) in [5.74, 6) is -0.174. The number of carbonyl (C=O) groups is 2. The molecule has 1 aliphatic rings. The number of piperidine rings is 1. The number of hydrogen-bond acceptors (Lipinski definition) is 3. The molecule has 1 heterocycles. The predicted molar refractivity (Wildman–Crippen MR) is 93.7 cm³/mol. The van der Waals surface area contributed by atoms with Crippen LogP contribution in [0.5, 0.6) is 0 Å². The van der Waals surface area contributed by atoms with E-state index >= 15 is 0 Å². The summed E-state index contributed by atoms with van der Waals surface area (Å²) in [4.78, 5) is 26.9. The van der Waals surface area contributed by atoms with Gasteiger partial charge in [0.15, 0.2) is 0 Å². The molecule has 5 heteroatoms. The van der Waals surface area contributed by atoms with E-state index in [0.29, 0.717) is 25.1 Å². The van der Waals surface area contributed by atoms with Gasteiger partial charge in [-0.1, -0.05) is 24.6 Å². The third-order valence-electron chi connectivity index (χ3n) is 4.69. The first-order valence-corrected chi connectivity index (χ1v) is 8.82. The Kier molecular flexibility index (Phi) is 6.79. The Balaban J connectivity index is 1.96. The van der Waals surface area contributed by atoms with Crippen molar-refractivity contribution >= 4 is 11.8 Å². The predicted octanol–water partition coefficient (Wildman–Crippen LogP) is 2.12. The molecule has 0 spiro atoms. The Morgan fingerprint density at radius 3 is 2.67 bits per heavy atom. The summed E-state index contributed by atoms with van der Waals surface area (Å²) < 4.78 is 0. The van der Waals surface area contributed by atoms with Gasteiger partial charge in [0.2, 0.25) is 5.91 Å². The van der Waals surface area contributed by atoms with E-state index in [9.17, 15) is 9.59 Å². The zero-order valence-corrected chi connectivity index (χ0v) is 14.6. The number of aliphatic hydroxyl groups excluding tert-OH is 1. The normalized spacial score (nSPS) is 19.0. The lowest BCUT2D eigenvalue weighted by Crippen LogP contribution is -2.47. The van der Waals surface area contributed by atoms with Crippen molar-refractivity contribution < 1.29 is 14.7 Å². The minimum absolute atomic E-state index is 0.00305. The van der Waals surface area contributed by atoms with Crippen molar-refractivity contribution in [3.05, 3.63) is 35.4 Å². The SMILES string of the molecule is CCC(CCO)NC(=O)C1CCCN(C(=O)c2ccc(C)cc2)C1. The first-order valence-electron chi connectivity index (χ1n) is 8.82. The highest BCUT2D eigenvalue weighted by Crippen LogP contribution is 2.19. The molecule has 0 bridgehead atoms. The summed E-state index contributed by atoms with van der Waals surface area (Å²) >= 11 is 0. The van der Waals surface area contributed by atoms with Crippen LogP contribution in [0, 0.1) is 12.8 Å². The van der Waals surface area contributed by atoms with Crippen molar-refractivity contribution in [2.24, 2.45) is 5.92 Å². The third-order valence-corrected chi connectivity index (χ3v) is 4.69. The Labute approximate surface area is 144 Å². The van der Waals surface area contributed by atoms with Gasteiger partial charge in [0.05, 0.1) is 5.92 Å². The molecule has 132 valence electrons. The van der Waals surface area contributed by atoms with Crippen molar-refractivity contribution in [2.45, 2.75) is 45.6 Å². The number of hydrogen-bond donors (Lipinski definition) is 2. The van der Waals surface area contributed by atoms with Gasteiger partial charge in [-0.15, -0.1) is 0 Å². The van der Waals surface area contributed by atoms with Crippen LogP contribution in [0.3, 0.4) is 0 Å². The molecule has 24 heavy (non-hydrogen) atoms. The first kappa shape index (κ1) is 18.5. The van der Waals surface area contributed by atoms with Crippen LogP contribution in [0.1, 0.15) is 48.5 Å². The Morgan fingerprint density at radius 1 is 1.33 bits per heavy atom. The van der Waals surface area contributed by atoms with E-state index in [1.54, 1.807) is 4.90 Å². The molecular weight excluding hydrogens is 304 g/mol. The second-order valence-corrected chi connectivity index (χ2v) is 6.58. The van der Waals surface area contributed by atoms with Crippen LogP contribution >= 0.6 is 0 Å². The molecule has 0 radical (unpaired) electrons. The quantitative estimate of drug-likeness (QED) is 0.838. The molecule has 0 aromatic heterocycles. The zero-order chi connectivity index (χ0) is 17.5. The number of rotatable bonds is 6. The van der Waals surface area contributed by atoms with E-state index in [0.717, 1.165) is 24.8 Å². The molecule has 1 saturated heterocycles. The number of aryl methyl sites for hydroxylation is 1. The van der Waals surface area contributed by atoms with Crippen LogP contribution in [0.25, 0.3) is 0 Å². The van der Waals surface area contributed by atoms with Gasteiger partial charge >= 0.3 is 0 Å². The molecule has 2 rings (SSSR count). The van der Waals surface area contributed by atoms with Crippen molar-refractivity contribution in [2.75, 3.05) is 19.7 Å². The standard InChI is InChI=1S/C19H28N2O3/c1-3-17(10-12-22)20-18(23)16-5-4-11-21(13-16)19(24)15-8-6-14(2)7-9-15/h6-9,16-17,22H,3-5,10-13H2,1-2H3,(H,20,23). The topological polar surface area (TPSA) is 69.6 Å². The second-order valence-electron chi connectivity index (χ2n) is 6.58. The largest absolute Gasteiger partial charge is 0.396 e. The Hall–Kier alpha value is -1.88. The van der Waals surface area contributed by atoms with Gasteiger partial charge in [0.25, 0.3) is 5.91 Å². The zero-order valence-electron chi connectivity index (χ0n) is 14.6. The second kappa shape index (κ2) is 8.83. The van der Waals surface area contributed by atoms with Crippen LogP contribution in [-0.4, -0.2) is 47.6 Å². The monoisotopic (exact) mass is 332 g/mol. The summed E-state index contributed by atoms with van der Waals surface area (Å²) in [5, 5.41) is 12.1. The van der Waals surface area contributed by atoms with E-state index in [4.69, 9.17) is 5.11 Å². The molecule has 5 nitrogen and oxygen atoms in total. The smallest absolute Gasteiger partial charge is 0.253 e. The summed E-state index contributed by atoms with van der Waals surface area (Å²) in [7, 11) is 0. The average Bonchev–Trinajstić information content (AvgIpc) is 2.61. The van der Waals surface area contributed by atoms with Crippen molar-refractivity contribution in [3.8, 4) is 0 Å².